The predicted octanol–water partition coefficient (Wildman–Crippen LogP) is 2.08. The number of allylic oxidation sites excluding steroid dienone is 1. The number of fused-ring (bicyclic) bond motifs is 1. The number of likely N-dealkylation sites (tertiary alicyclic amines) is 1. The quantitative estimate of drug-likeness (QED) is 0.620. The molecule has 1 aromatic carbocycles. The van der Waals surface area contributed by atoms with E-state index in [1.807, 2.05) is 13.1 Å². The maximum absolute atomic E-state index is 11.9. The van der Waals surface area contributed by atoms with Gasteiger partial charge in [-0.25, -0.2) is 0 Å². The number of methoxy groups -OCH3 is 2. The first-order valence-corrected chi connectivity index (χ1v) is 7.76. The first-order valence-electron chi connectivity index (χ1n) is 7.76. The van der Waals surface area contributed by atoms with Gasteiger partial charge < -0.3 is 14.4 Å². The number of ketones is 1. The molecule has 7 heteroatoms. The minimum Gasteiger partial charge on any atom is -0.493 e. The average Bonchev–Trinajstić information content (AvgIpc) is 2.91. The van der Waals surface area contributed by atoms with E-state index in [2.05, 4.69) is 4.90 Å². The number of hydrogen-bond acceptors (Lipinski definition) is 6. The topological polar surface area (TPSA) is 81.9 Å². The smallest absolute Gasteiger partial charge is 0.315 e. The molecule has 1 saturated heterocycles. The van der Waals surface area contributed by atoms with Crippen LogP contribution in [0, 0.1) is 10.1 Å². The van der Waals surface area contributed by atoms with Crippen molar-refractivity contribution >= 4 is 11.5 Å². The number of nitro groups is 1. The molecule has 1 aliphatic heterocycles. The summed E-state index contributed by atoms with van der Waals surface area (Å²) in [5, 5.41) is 11.5. The molecule has 0 aromatic heterocycles. The summed E-state index contributed by atoms with van der Waals surface area (Å²) in [6.45, 7) is 0.824. The summed E-state index contributed by atoms with van der Waals surface area (Å²) < 4.78 is 10.5. The molecule has 1 fully saturated rings. The largest absolute Gasteiger partial charge is 0.493 e. The molecule has 0 N–H and O–H groups in total. The van der Waals surface area contributed by atoms with Crippen LogP contribution in [0.1, 0.15) is 18.4 Å². The molecule has 2 unspecified atom stereocenters. The first-order chi connectivity index (χ1) is 11.4. The van der Waals surface area contributed by atoms with Gasteiger partial charge in [-0.3, -0.25) is 14.9 Å². The van der Waals surface area contributed by atoms with E-state index in [1.54, 1.807) is 18.2 Å². The van der Waals surface area contributed by atoms with E-state index in [4.69, 9.17) is 9.47 Å². The second kappa shape index (κ2) is 5.90. The Balaban J connectivity index is 2.21. The lowest BCUT2D eigenvalue weighted by atomic mass is 9.69. The second-order valence-electron chi connectivity index (χ2n) is 6.28. The summed E-state index contributed by atoms with van der Waals surface area (Å²) in [5.74, 6) is 0.524. The number of ether oxygens (including phenoxy) is 2. The van der Waals surface area contributed by atoms with E-state index in [0.717, 1.165) is 18.5 Å². The molecular formula is C17H20N2O5. The molecule has 1 aromatic rings. The molecule has 1 aliphatic carbocycles. The SMILES string of the molecule is COc1cc(C23C=CC(=O)CC2N(C)CC3)cc([N+](=O)[O-])c1OC. The Morgan fingerprint density at radius 2 is 2.08 bits per heavy atom. The summed E-state index contributed by atoms with van der Waals surface area (Å²) in [6.07, 6.45) is 4.70. The second-order valence-corrected chi connectivity index (χ2v) is 6.28. The van der Waals surface area contributed by atoms with Gasteiger partial charge in [-0.2, -0.15) is 0 Å². The summed E-state index contributed by atoms with van der Waals surface area (Å²) in [7, 11) is 4.82. The van der Waals surface area contributed by atoms with Crippen molar-refractivity contribution in [3.8, 4) is 11.5 Å². The van der Waals surface area contributed by atoms with E-state index in [0.29, 0.717) is 12.2 Å². The molecule has 0 radical (unpaired) electrons. The van der Waals surface area contributed by atoms with E-state index in [9.17, 15) is 14.9 Å². The number of nitro benzene ring substituents is 1. The van der Waals surface area contributed by atoms with Crippen LogP contribution in [0.3, 0.4) is 0 Å². The Bertz CT molecular complexity index is 730. The van der Waals surface area contributed by atoms with Gasteiger partial charge in [0.15, 0.2) is 11.5 Å². The van der Waals surface area contributed by atoms with Crippen molar-refractivity contribution in [3.63, 3.8) is 0 Å². The highest BCUT2D eigenvalue weighted by atomic mass is 16.6. The first kappa shape index (κ1) is 16.4. The van der Waals surface area contributed by atoms with E-state index in [1.165, 1.54) is 14.2 Å². The van der Waals surface area contributed by atoms with Gasteiger partial charge in [0.2, 0.25) is 5.75 Å². The number of carbonyl (C=O) groups is 1. The van der Waals surface area contributed by atoms with Gasteiger partial charge in [-0.1, -0.05) is 6.08 Å². The van der Waals surface area contributed by atoms with Crippen molar-refractivity contribution in [3.05, 3.63) is 40.0 Å². The van der Waals surface area contributed by atoms with Crippen molar-refractivity contribution in [1.29, 1.82) is 0 Å². The lowest BCUT2D eigenvalue weighted by molar-refractivity contribution is -0.385. The molecule has 0 bridgehead atoms. The van der Waals surface area contributed by atoms with Crippen molar-refractivity contribution in [2.24, 2.45) is 0 Å². The van der Waals surface area contributed by atoms with Gasteiger partial charge in [0.05, 0.1) is 19.1 Å². The summed E-state index contributed by atoms with van der Waals surface area (Å²) >= 11 is 0. The summed E-state index contributed by atoms with van der Waals surface area (Å²) in [4.78, 5) is 25.0. The highest BCUT2D eigenvalue weighted by Crippen LogP contribution is 2.48. The van der Waals surface area contributed by atoms with Crippen LogP contribution in [0.5, 0.6) is 11.5 Å². The van der Waals surface area contributed by atoms with Crippen LogP contribution in [0.25, 0.3) is 0 Å². The van der Waals surface area contributed by atoms with Crippen molar-refractivity contribution in [1.82, 2.24) is 4.90 Å². The van der Waals surface area contributed by atoms with Crippen LogP contribution in [-0.2, 0) is 10.2 Å². The van der Waals surface area contributed by atoms with Gasteiger partial charge in [-0.05, 0) is 37.7 Å². The normalized spacial score (nSPS) is 26.3. The minimum atomic E-state index is -0.465. The highest BCUT2D eigenvalue weighted by Gasteiger charge is 2.49. The van der Waals surface area contributed by atoms with Crippen LogP contribution in [0.15, 0.2) is 24.3 Å². The van der Waals surface area contributed by atoms with Gasteiger partial charge in [0, 0.05) is 23.9 Å². The van der Waals surface area contributed by atoms with Gasteiger partial charge in [0.1, 0.15) is 0 Å². The Morgan fingerprint density at radius 3 is 2.71 bits per heavy atom. The predicted molar refractivity (Wildman–Crippen MR) is 87.7 cm³/mol. The zero-order valence-corrected chi connectivity index (χ0v) is 13.9. The third-order valence-corrected chi connectivity index (χ3v) is 5.16. The fraction of sp³-hybridized carbons (Fsp3) is 0.471. The fourth-order valence-corrected chi connectivity index (χ4v) is 3.89. The number of rotatable bonds is 4. The van der Waals surface area contributed by atoms with Gasteiger partial charge in [-0.15, -0.1) is 0 Å². The van der Waals surface area contributed by atoms with Crippen LogP contribution < -0.4 is 9.47 Å². The monoisotopic (exact) mass is 332 g/mol. The van der Waals surface area contributed by atoms with Gasteiger partial charge >= 0.3 is 5.69 Å². The van der Waals surface area contributed by atoms with Crippen LogP contribution in [0.2, 0.25) is 0 Å². The third kappa shape index (κ3) is 2.36. The molecule has 0 amide bonds. The van der Waals surface area contributed by atoms with Crippen LogP contribution in [-0.4, -0.2) is 49.5 Å². The molecular weight excluding hydrogens is 312 g/mol. The van der Waals surface area contributed by atoms with Crippen LogP contribution in [0.4, 0.5) is 5.69 Å². The highest BCUT2D eigenvalue weighted by molar-refractivity contribution is 5.92. The Kier molecular flexibility index (Phi) is 4.04. The van der Waals surface area contributed by atoms with Gasteiger partial charge in [0.25, 0.3) is 0 Å². The van der Waals surface area contributed by atoms with E-state index >= 15 is 0 Å². The third-order valence-electron chi connectivity index (χ3n) is 5.16. The lowest BCUT2D eigenvalue weighted by Crippen LogP contribution is -2.43. The molecule has 24 heavy (non-hydrogen) atoms. The average molecular weight is 332 g/mol. The Hall–Kier alpha value is -2.41. The van der Waals surface area contributed by atoms with E-state index in [-0.39, 0.29) is 23.3 Å². The molecule has 7 nitrogen and oxygen atoms in total. The summed E-state index contributed by atoms with van der Waals surface area (Å²) in [6, 6.07) is 3.33. The fourth-order valence-electron chi connectivity index (χ4n) is 3.89. The molecule has 0 saturated carbocycles. The maximum Gasteiger partial charge on any atom is 0.315 e. The number of benzene rings is 1. The van der Waals surface area contributed by atoms with Crippen molar-refractivity contribution in [2.75, 3.05) is 27.8 Å². The number of hydrogen-bond donors (Lipinski definition) is 0. The Morgan fingerprint density at radius 1 is 1.33 bits per heavy atom. The zero-order valence-electron chi connectivity index (χ0n) is 13.9. The Labute approximate surface area is 140 Å². The lowest BCUT2D eigenvalue weighted by Gasteiger charge is -2.37. The molecule has 3 rings (SSSR count). The van der Waals surface area contributed by atoms with Crippen LogP contribution >= 0.6 is 0 Å². The van der Waals surface area contributed by atoms with Crippen molar-refractivity contribution in [2.45, 2.75) is 24.3 Å². The molecule has 128 valence electrons. The number of nitrogens with zero attached hydrogens (tertiary/aromatic N) is 2. The minimum absolute atomic E-state index is 0.00675. The molecule has 1 heterocycles. The zero-order chi connectivity index (χ0) is 17.5. The molecule has 2 aliphatic rings. The number of likely N-dealkylation sites (N-methyl/N-ethyl adjacent to an activating group) is 1. The number of carbonyl (C=O) groups excluding carboxylic acids is 1. The standard InChI is InChI=1S/C17H20N2O5/c1-18-7-6-17(5-4-12(20)10-15(17)18)11-8-13(19(21)22)16(24-3)14(9-11)23-2/h4-5,8-9,15H,6-7,10H2,1-3H3. The molecule has 0 spiro atoms. The van der Waals surface area contributed by atoms with Crippen molar-refractivity contribution < 1.29 is 19.2 Å². The molecule has 2 atom stereocenters. The van der Waals surface area contributed by atoms with E-state index < -0.39 is 10.3 Å². The summed E-state index contributed by atoms with van der Waals surface area (Å²) in [5.41, 5.74) is 0.234. The maximum atomic E-state index is 11.9.